The predicted molar refractivity (Wildman–Crippen MR) is 313 cm³/mol. The minimum atomic E-state index is -0.544. The topological polar surface area (TPSA) is 142 Å². The fraction of sp³-hybridized carbons (Fsp3) is 0.935. The highest BCUT2D eigenvalue weighted by atomic mass is 16.5. The average Bonchev–Trinajstić information content (AvgIpc) is 3.41. The van der Waals surface area contributed by atoms with Crippen molar-refractivity contribution in [2.45, 2.75) is 246 Å². The fourth-order valence-electron chi connectivity index (χ4n) is 10.9. The Bertz CT molecular complexity index is 1290. The van der Waals surface area contributed by atoms with E-state index in [0.29, 0.717) is 65.4 Å². The first kappa shape index (κ1) is 69.7. The van der Waals surface area contributed by atoms with Crippen LogP contribution in [0.3, 0.4) is 0 Å². The normalized spacial score (nSPS) is 15.3. The highest BCUT2D eigenvalue weighted by Crippen LogP contribution is 2.20. The lowest BCUT2D eigenvalue weighted by Gasteiger charge is -2.35. The van der Waals surface area contributed by atoms with E-state index in [0.717, 1.165) is 117 Å². The molecule has 4 amide bonds. The number of nitrogens with one attached hydrogen (secondary N) is 2. The molecule has 0 spiro atoms. The summed E-state index contributed by atoms with van der Waals surface area (Å²) in [5, 5.41) is 6.14. The molecule has 446 valence electrons. The monoisotopic (exact) mass is 1080 g/mol. The van der Waals surface area contributed by atoms with E-state index < -0.39 is 12.1 Å². The van der Waals surface area contributed by atoms with Gasteiger partial charge in [0.05, 0.1) is 52.9 Å². The van der Waals surface area contributed by atoms with Crippen LogP contribution in [0.1, 0.15) is 234 Å². The first-order chi connectivity index (χ1) is 37.1. The molecule has 2 atom stereocenters. The Morgan fingerprint density at radius 2 is 0.711 bits per heavy atom. The molecule has 2 rings (SSSR count). The van der Waals surface area contributed by atoms with E-state index >= 15 is 0 Å². The summed E-state index contributed by atoms with van der Waals surface area (Å²) in [6.45, 7) is 24.1. The van der Waals surface area contributed by atoms with Gasteiger partial charge >= 0.3 is 0 Å². The summed E-state index contributed by atoms with van der Waals surface area (Å²) in [5.41, 5.74) is 0. The molecule has 2 unspecified atom stereocenters. The smallest absolute Gasteiger partial charge is 0.243 e. The van der Waals surface area contributed by atoms with Crippen LogP contribution in [-0.4, -0.2) is 174 Å². The summed E-state index contributed by atoms with van der Waals surface area (Å²) < 4.78 is 22.8. The molecule has 2 heterocycles. The zero-order chi connectivity index (χ0) is 55.1. The number of unbranched alkanes of at least 4 members (excludes halogenated alkanes) is 24. The fourth-order valence-corrected chi connectivity index (χ4v) is 10.9. The van der Waals surface area contributed by atoms with Crippen LogP contribution in [0, 0.1) is 11.8 Å². The summed E-state index contributed by atoms with van der Waals surface area (Å²) in [6.07, 6.45) is 35.4. The molecule has 0 radical (unpaired) electrons. The number of carbonyl (C=O) groups is 4. The van der Waals surface area contributed by atoms with Crippen LogP contribution in [-0.2, 0) is 38.1 Å². The van der Waals surface area contributed by atoms with Gasteiger partial charge in [-0.3, -0.25) is 29.0 Å². The number of hydrogen-bond donors (Lipinski definition) is 2. The lowest BCUT2D eigenvalue weighted by Crippen LogP contribution is -2.53. The van der Waals surface area contributed by atoms with E-state index in [1.54, 1.807) is 0 Å². The molecule has 0 aromatic carbocycles. The second-order valence-corrected chi connectivity index (χ2v) is 23.0. The first-order valence-corrected chi connectivity index (χ1v) is 32.0. The van der Waals surface area contributed by atoms with Crippen LogP contribution in [0.4, 0.5) is 0 Å². The second kappa shape index (κ2) is 48.5. The molecule has 2 aliphatic rings. The minimum Gasteiger partial charge on any atom is -0.379 e. The van der Waals surface area contributed by atoms with E-state index in [9.17, 15) is 19.2 Å². The quantitative estimate of drug-likeness (QED) is 0.0565. The molecule has 14 nitrogen and oxygen atoms in total. The number of morpholine rings is 2. The van der Waals surface area contributed by atoms with Gasteiger partial charge in [-0.05, 0) is 37.5 Å². The SMILES string of the molecule is CCCCCCCCCCCCCCCC(=O)N(CCCN1CCOCC1)C(C(=O)NCCOCCOCCNC(=O)C(C(C)C)N(CCCN1CCOCC1)C(=O)CCCCCCCCCCCCCCC)C(C)C. The molecule has 76 heavy (non-hydrogen) atoms. The Kier molecular flexibility index (Phi) is 44.5. The van der Waals surface area contributed by atoms with Crippen molar-refractivity contribution >= 4 is 23.6 Å². The average molecular weight is 1080 g/mol. The van der Waals surface area contributed by atoms with E-state index in [1.807, 2.05) is 37.5 Å². The van der Waals surface area contributed by atoms with Crippen LogP contribution < -0.4 is 10.6 Å². The predicted octanol–water partition coefficient (Wildman–Crippen LogP) is 11.4. The van der Waals surface area contributed by atoms with Crippen molar-refractivity contribution < 1.29 is 38.1 Å². The molecule has 0 saturated carbocycles. The lowest BCUT2D eigenvalue weighted by atomic mass is 9.99. The molecule has 14 heteroatoms. The summed E-state index contributed by atoms with van der Waals surface area (Å²) in [7, 11) is 0. The van der Waals surface area contributed by atoms with Gasteiger partial charge in [0.15, 0.2) is 0 Å². The Hall–Kier alpha value is -2.36. The Morgan fingerprint density at radius 1 is 0.421 bits per heavy atom. The van der Waals surface area contributed by atoms with Gasteiger partial charge < -0.3 is 39.4 Å². The number of carbonyl (C=O) groups excluding carboxylic acids is 4. The number of amides is 4. The van der Waals surface area contributed by atoms with E-state index in [1.165, 1.54) is 128 Å². The van der Waals surface area contributed by atoms with E-state index in [2.05, 4.69) is 34.3 Å². The summed E-state index contributed by atoms with van der Waals surface area (Å²) in [4.78, 5) is 63.9. The van der Waals surface area contributed by atoms with Gasteiger partial charge in [0.2, 0.25) is 23.6 Å². The van der Waals surface area contributed by atoms with Crippen molar-refractivity contribution in [3.8, 4) is 0 Å². The Balaban J connectivity index is 1.76. The molecule has 0 aromatic rings. The minimum absolute atomic E-state index is 0.0394. The van der Waals surface area contributed by atoms with Gasteiger partial charge in [0.1, 0.15) is 12.1 Å². The lowest BCUT2D eigenvalue weighted by molar-refractivity contribution is -0.142. The van der Waals surface area contributed by atoms with Crippen molar-refractivity contribution in [3.63, 3.8) is 0 Å². The van der Waals surface area contributed by atoms with Crippen molar-refractivity contribution in [3.05, 3.63) is 0 Å². The summed E-state index contributed by atoms with van der Waals surface area (Å²) in [6, 6.07) is -1.09. The number of rotatable bonds is 51. The zero-order valence-electron chi connectivity index (χ0n) is 50.3. The Morgan fingerprint density at radius 3 is 1.00 bits per heavy atom. The highest BCUT2D eigenvalue weighted by Gasteiger charge is 2.33. The molecule has 0 aliphatic carbocycles. The van der Waals surface area contributed by atoms with Crippen LogP contribution in [0.5, 0.6) is 0 Å². The van der Waals surface area contributed by atoms with E-state index in [4.69, 9.17) is 18.9 Å². The third-order valence-corrected chi connectivity index (χ3v) is 15.5. The molecular formula is C62H120N6O8. The molecular weight excluding hydrogens is 957 g/mol. The second-order valence-electron chi connectivity index (χ2n) is 23.0. The number of ether oxygens (including phenoxy) is 4. The molecule has 2 N–H and O–H groups in total. The largest absolute Gasteiger partial charge is 0.379 e. The van der Waals surface area contributed by atoms with Crippen molar-refractivity contribution in [2.75, 3.05) is 118 Å². The molecule has 2 fully saturated rings. The summed E-state index contributed by atoms with van der Waals surface area (Å²) >= 11 is 0. The molecule has 0 aromatic heterocycles. The highest BCUT2D eigenvalue weighted by molar-refractivity contribution is 5.88. The van der Waals surface area contributed by atoms with Crippen LogP contribution in [0.2, 0.25) is 0 Å². The van der Waals surface area contributed by atoms with Gasteiger partial charge in [-0.2, -0.15) is 0 Å². The van der Waals surface area contributed by atoms with Crippen molar-refractivity contribution in [1.29, 1.82) is 0 Å². The van der Waals surface area contributed by atoms with Gasteiger partial charge in [-0.15, -0.1) is 0 Å². The van der Waals surface area contributed by atoms with Gasteiger partial charge in [0.25, 0.3) is 0 Å². The third-order valence-electron chi connectivity index (χ3n) is 15.5. The Labute approximate surface area is 466 Å². The van der Waals surface area contributed by atoms with Gasteiger partial charge in [-0.1, -0.05) is 196 Å². The molecule has 2 saturated heterocycles. The van der Waals surface area contributed by atoms with Gasteiger partial charge in [-0.25, -0.2) is 0 Å². The van der Waals surface area contributed by atoms with Crippen molar-refractivity contribution in [2.24, 2.45) is 11.8 Å². The maximum atomic E-state index is 13.9. The third kappa shape index (κ3) is 35.3. The maximum Gasteiger partial charge on any atom is 0.243 e. The summed E-state index contributed by atoms with van der Waals surface area (Å²) in [5.74, 6) is -0.188. The zero-order valence-corrected chi connectivity index (χ0v) is 50.3. The van der Waals surface area contributed by atoms with Crippen LogP contribution in [0.15, 0.2) is 0 Å². The van der Waals surface area contributed by atoms with Crippen LogP contribution >= 0.6 is 0 Å². The van der Waals surface area contributed by atoms with Crippen molar-refractivity contribution in [1.82, 2.24) is 30.2 Å². The van der Waals surface area contributed by atoms with E-state index in [-0.39, 0.29) is 35.5 Å². The van der Waals surface area contributed by atoms with Crippen LogP contribution in [0.25, 0.3) is 0 Å². The molecule has 0 bridgehead atoms. The molecule has 2 aliphatic heterocycles. The number of nitrogens with zero attached hydrogens (tertiary/aromatic N) is 4. The maximum absolute atomic E-state index is 13.9. The standard InChI is InChI=1S/C62H120N6O8/c1-7-9-11-13-15-17-19-21-23-25-27-29-31-35-57(69)67(41-33-39-65-43-49-75-50-44-65)59(55(3)4)61(71)63-37-47-73-53-54-74-48-38-64-62(72)60(56(5)6)68(42-34-40-66-45-51-76-52-46-66)58(70)36-32-30-28-26-24-22-20-18-16-14-12-10-8-2/h55-56,59-60H,7-54H2,1-6H3,(H,63,71)(H,64,72). The first-order valence-electron chi connectivity index (χ1n) is 32.0. The van der Waals surface area contributed by atoms with Gasteiger partial charge in [0, 0.05) is 78.3 Å². The number of hydrogen-bond acceptors (Lipinski definition) is 10.